The molecule has 0 aromatic heterocycles. The summed E-state index contributed by atoms with van der Waals surface area (Å²) < 4.78 is 0. The molecule has 0 fully saturated rings. The van der Waals surface area contributed by atoms with E-state index in [0.29, 0.717) is 12.3 Å². The second-order valence-electron chi connectivity index (χ2n) is 3.78. The molecule has 0 radical (unpaired) electrons. The van der Waals surface area contributed by atoms with Gasteiger partial charge in [0, 0.05) is 5.56 Å². The van der Waals surface area contributed by atoms with Gasteiger partial charge in [-0.3, -0.25) is 0 Å². The SMILES string of the molecule is CCc1cccc(N=C=O)c1CON=C(C)C. The molecule has 4 heteroatoms. The molecule has 17 heavy (non-hydrogen) atoms. The molecule has 1 aromatic rings. The highest BCUT2D eigenvalue weighted by molar-refractivity contribution is 5.78. The van der Waals surface area contributed by atoms with E-state index in [1.165, 1.54) is 0 Å². The van der Waals surface area contributed by atoms with Crippen molar-refractivity contribution in [2.45, 2.75) is 33.8 Å². The number of hydrogen-bond acceptors (Lipinski definition) is 4. The van der Waals surface area contributed by atoms with Crippen LogP contribution in [0.1, 0.15) is 31.9 Å². The zero-order chi connectivity index (χ0) is 12.7. The minimum absolute atomic E-state index is 0.315. The van der Waals surface area contributed by atoms with Crippen LogP contribution in [0.5, 0.6) is 0 Å². The summed E-state index contributed by atoms with van der Waals surface area (Å²) in [5.74, 6) is 0. The summed E-state index contributed by atoms with van der Waals surface area (Å²) in [5.41, 5.74) is 3.44. The molecule has 0 spiro atoms. The van der Waals surface area contributed by atoms with E-state index in [1.807, 2.05) is 32.9 Å². The summed E-state index contributed by atoms with van der Waals surface area (Å²) >= 11 is 0. The highest BCUT2D eigenvalue weighted by Gasteiger charge is 2.07. The van der Waals surface area contributed by atoms with Crippen LogP contribution in [0.3, 0.4) is 0 Å². The summed E-state index contributed by atoms with van der Waals surface area (Å²) in [7, 11) is 0. The summed E-state index contributed by atoms with van der Waals surface area (Å²) in [5, 5.41) is 3.87. The fourth-order valence-electron chi connectivity index (χ4n) is 1.50. The molecule has 0 aliphatic rings. The van der Waals surface area contributed by atoms with Crippen LogP contribution in [0.2, 0.25) is 0 Å². The van der Waals surface area contributed by atoms with Crippen LogP contribution < -0.4 is 0 Å². The molecule has 0 aliphatic heterocycles. The molecule has 1 rings (SSSR count). The lowest BCUT2D eigenvalue weighted by Gasteiger charge is -2.09. The van der Waals surface area contributed by atoms with Gasteiger partial charge in [0.2, 0.25) is 6.08 Å². The van der Waals surface area contributed by atoms with Gasteiger partial charge in [0.25, 0.3) is 0 Å². The number of carbonyl (C=O) groups excluding carboxylic acids is 1. The van der Waals surface area contributed by atoms with E-state index >= 15 is 0 Å². The van der Waals surface area contributed by atoms with E-state index in [0.717, 1.165) is 23.3 Å². The average molecular weight is 232 g/mol. The van der Waals surface area contributed by atoms with Crippen molar-refractivity contribution in [1.29, 1.82) is 0 Å². The first-order valence-electron chi connectivity index (χ1n) is 5.50. The Hall–Kier alpha value is -1.93. The van der Waals surface area contributed by atoms with Gasteiger partial charge in [0.15, 0.2) is 0 Å². The van der Waals surface area contributed by atoms with Crippen LogP contribution in [0.15, 0.2) is 28.3 Å². The first kappa shape index (κ1) is 13.1. The third kappa shape index (κ3) is 3.85. The smallest absolute Gasteiger partial charge is 0.240 e. The zero-order valence-corrected chi connectivity index (χ0v) is 10.4. The van der Waals surface area contributed by atoms with Crippen molar-refractivity contribution in [3.05, 3.63) is 29.3 Å². The summed E-state index contributed by atoms with van der Waals surface area (Å²) in [6.07, 6.45) is 2.42. The third-order valence-electron chi connectivity index (χ3n) is 2.25. The summed E-state index contributed by atoms with van der Waals surface area (Å²) in [6.45, 7) is 6.07. The number of oxime groups is 1. The Morgan fingerprint density at radius 1 is 1.41 bits per heavy atom. The van der Waals surface area contributed by atoms with Gasteiger partial charge in [0.05, 0.1) is 11.4 Å². The summed E-state index contributed by atoms with van der Waals surface area (Å²) in [6, 6.07) is 5.63. The Balaban J connectivity index is 3.00. The fraction of sp³-hybridized carbons (Fsp3) is 0.385. The second kappa shape index (κ2) is 6.61. The molecule has 0 saturated carbocycles. The molecule has 0 saturated heterocycles. The topological polar surface area (TPSA) is 51.0 Å². The predicted octanol–water partition coefficient (Wildman–Crippen LogP) is 3.13. The van der Waals surface area contributed by atoms with Crippen LogP contribution in [-0.2, 0) is 22.7 Å². The second-order valence-corrected chi connectivity index (χ2v) is 3.78. The molecule has 0 unspecified atom stereocenters. The maximum absolute atomic E-state index is 10.3. The summed E-state index contributed by atoms with van der Waals surface area (Å²) in [4.78, 5) is 19.2. The maximum Gasteiger partial charge on any atom is 0.240 e. The van der Waals surface area contributed by atoms with Crippen molar-refractivity contribution in [2.75, 3.05) is 0 Å². The van der Waals surface area contributed by atoms with Crippen LogP contribution in [-0.4, -0.2) is 11.8 Å². The molecule has 0 amide bonds. The number of benzene rings is 1. The Morgan fingerprint density at radius 3 is 2.76 bits per heavy atom. The maximum atomic E-state index is 10.3. The van der Waals surface area contributed by atoms with Crippen LogP contribution in [0.4, 0.5) is 5.69 Å². The van der Waals surface area contributed by atoms with E-state index in [9.17, 15) is 4.79 Å². The Bertz CT molecular complexity index is 456. The number of aliphatic imine (C=N–C) groups is 1. The highest BCUT2D eigenvalue weighted by atomic mass is 16.6. The molecule has 0 N–H and O–H groups in total. The quantitative estimate of drug-likeness (QED) is 0.445. The molecule has 0 bridgehead atoms. The number of hydrogen-bond donors (Lipinski definition) is 0. The first-order valence-corrected chi connectivity index (χ1v) is 5.50. The Kier molecular flexibility index (Phi) is 5.11. The number of rotatable bonds is 5. The first-order chi connectivity index (χ1) is 8.19. The Labute approximate surface area is 101 Å². The van der Waals surface area contributed by atoms with Gasteiger partial charge in [-0.15, -0.1) is 0 Å². The third-order valence-corrected chi connectivity index (χ3v) is 2.25. The molecular weight excluding hydrogens is 216 g/mol. The number of nitrogens with zero attached hydrogens (tertiary/aromatic N) is 2. The van der Waals surface area contributed by atoms with Crippen molar-refractivity contribution in [3.63, 3.8) is 0 Å². The van der Waals surface area contributed by atoms with Crippen LogP contribution >= 0.6 is 0 Å². The standard InChI is InChI=1S/C13H16N2O2/c1-4-11-6-5-7-13(14-9-16)12(11)8-17-15-10(2)3/h5-7H,4,8H2,1-3H3. The molecule has 4 nitrogen and oxygen atoms in total. The lowest BCUT2D eigenvalue weighted by Crippen LogP contribution is -1.96. The van der Waals surface area contributed by atoms with Gasteiger partial charge < -0.3 is 4.84 Å². The van der Waals surface area contributed by atoms with Gasteiger partial charge in [0.1, 0.15) is 6.61 Å². The largest absolute Gasteiger partial charge is 0.391 e. The van der Waals surface area contributed by atoms with Gasteiger partial charge in [-0.2, -0.15) is 4.99 Å². The van der Waals surface area contributed by atoms with E-state index in [2.05, 4.69) is 10.1 Å². The molecule has 0 atom stereocenters. The molecular formula is C13H16N2O2. The van der Waals surface area contributed by atoms with Crippen molar-refractivity contribution < 1.29 is 9.63 Å². The zero-order valence-electron chi connectivity index (χ0n) is 10.4. The van der Waals surface area contributed by atoms with E-state index < -0.39 is 0 Å². The van der Waals surface area contributed by atoms with Crippen LogP contribution in [0.25, 0.3) is 0 Å². The van der Waals surface area contributed by atoms with E-state index in [1.54, 1.807) is 12.1 Å². The number of isocyanates is 1. The lowest BCUT2D eigenvalue weighted by atomic mass is 10.0. The molecule has 0 heterocycles. The minimum Gasteiger partial charge on any atom is -0.391 e. The van der Waals surface area contributed by atoms with Crippen molar-refractivity contribution in [1.82, 2.24) is 0 Å². The van der Waals surface area contributed by atoms with Gasteiger partial charge >= 0.3 is 0 Å². The Morgan fingerprint density at radius 2 is 2.18 bits per heavy atom. The molecule has 1 aromatic carbocycles. The van der Waals surface area contributed by atoms with Crippen LogP contribution in [0, 0.1) is 0 Å². The molecule has 90 valence electrons. The van der Waals surface area contributed by atoms with Gasteiger partial charge in [-0.05, 0) is 31.9 Å². The molecule has 0 aliphatic carbocycles. The average Bonchev–Trinajstić information content (AvgIpc) is 2.30. The minimum atomic E-state index is 0.315. The normalized spacial score (nSPS) is 9.35. The fourth-order valence-corrected chi connectivity index (χ4v) is 1.50. The van der Waals surface area contributed by atoms with Crippen molar-refractivity contribution in [3.8, 4) is 0 Å². The van der Waals surface area contributed by atoms with Gasteiger partial charge in [-0.1, -0.05) is 24.2 Å². The number of aryl methyl sites for hydroxylation is 1. The predicted molar refractivity (Wildman–Crippen MR) is 67.2 cm³/mol. The van der Waals surface area contributed by atoms with Crippen molar-refractivity contribution >= 4 is 17.5 Å². The monoisotopic (exact) mass is 232 g/mol. The van der Waals surface area contributed by atoms with E-state index in [4.69, 9.17) is 4.84 Å². The van der Waals surface area contributed by atoms with Crippen molar-refractivity contribution in [2.24, 2.45) is 10.1 Å². The highest BCUT2D eigenvalue weighted by Crippen LogP contribution is 2.24. The van der Waals surface area contributed by atoms with E-state index in [-0.39, 0.29) is 0 Å². The lowest BCUT2D eigenvalue weighted by molar-refractivity contribution is 0.130. The van der Waals surface area contributed by atoms with Gasteiger partial charge in [-0.25, -0.2) is 4.79 Å².